The van der Waals surface area contributed by atoms with Gasteiger partial charge in [-0.3, -0.25) is 0 Å². The van der Waals surface area contributed by atoms with E-state index in [1.807, 2.05) is 0 Å². The average Bonchev–Trinajstić information content (AvgIpc) is 2.66. The van der Waals surface area contributed by atoms with Crippen molar-refractivity contribution in [2.75, 3.05) is 0 Å². The minimum atomic E-state index is 0.0395. The molecule has 0 bridgehead atoms. The maximum atomic E-state index is 2.44. The first-order valence-corrected chi connectivity index (χ1v) is 11.0. The van der Waals surface area contributed by atoms with Crippen molar-refractivity contribution in [3.05, 3.63) is 83.9 Å². The third-order valence-electron chi connectivity index (χ3n) is 6.35. The zero-order chi connectivity index (χ0) is 21.3. The van der Waals surface area contributed by atoms with E-state index < -0.39 is 0 Å². The Hall–Kier alpha value is -2.86. The first-order chi connectivity index (χ1) is 14.1. The Morgan fingerprint density at radius 3 is 1.43 bits per heavy atom. The largest absolute Gasteiger partial charge is 0.0616 e. The molecule has 0 aromatic heterocycles. The number of fused-ring (bicyclic) bond motifs is 4. The lowest BCUT2D eigenvalue weighted by atomic mass is 9.75. The molecule has 0 unspecified atom stereocenters. The molecule has 0 aliphatic carbocycles. The summed E-state index contributed by atoms with van der Waals surface area (Å²) in [5.41, 5.74) is 3.00. The molecule has 5 rings (SSSR count). The molecule has 0 saturated heterocycles. The number of hydrogen-bond acceptors (Lipinski definition) is 0. The van der Waals surface area contributed by atoms with Gasteiger partial charge < -0.3 is 0 Å². The summed E-state index contributed by atoms with van der Waals surface area (Å²) in [5, 5.41) is 10.8. The van der Waals surface area contributed by atoms with Crippen molar-refractivity contribution in [1.29, 1.82) is 0 Å². The Kier molecular flexibility index (Phi) is 4.03. The summed E-state index contributed by atoms with van der Waals surface area (Å²) < 4.78 is 0. The molecule has 0 aliphatic heterocycles. The van der Waals surface area contributed by atoms with Crippen LogP contribution < -0.4 is 0 Å². The molecule has 30 heavy (non-hydrogen) atoms. The first-order valence-electron chi connectivity index (χ1n) is 11.0. The second-order valence-corrected chi connectivity index (χ2v) is 10.7. The van der Waals surface area contributed by atoms with Gasteiger partial charge in [0.25, 0.3) is 0 Å². The molecule has 0 radical (unpaired) electrons. The van der Waals surface area contributed by atoms with Gasteiger partial charge in [-0.1, -0.05) is 90.1 Å². The van der Waals surface area contributed by atoms with Crippen LogP contribution in [0.1, 0.15) is 52.7 Å². The molecule has 0 heterocycles. The smallest absolute Gasteiger partial charge is 0.0120 e. The summed E-state index contributed by atoms with van der Waals surface area (Å²) >= 11 is 0. The third kappa shape index (κ3) is 2.89. The highest BCUT2D eigenvalue weighted by Gasteiger charge is 2.26. The van der Waals surface area contributed by atoms with Gasteiger partial charge in [0.1, 0.15) is 0 Å². The fourth-order valence-corrected chi connectivity index (χ4v) is 5.23. The lowest BCUT2D eigenvalue weighted by Gasteiger charge is -2.29. The predicted molar refractivity (Wildman–Crippen MR) is 134 cm³/mol. The molecule has 0 N–H and O–H groups in total. The standard InChI is InChI=1S/C30H30/c1-29(2,3)27-23-14-10-9-13-21(23)17-25-26(27)18-22-15-19-11-7-8-12-20(19)16-24(22)28(25)30(4,5)6/h7-18H,1-6H3. The normalized spacial score (nSPS) is 13.0. The number of benzene rings is 5. The van der Waals surface area contributed by atoms with Crippen LogP contribution in [0.4, 0.5) is 0 Å². The van der Waals surface area contributed by atoms with Gasteiger partial charge >= 0.3 is 0 Å². The molecule has 5 aromatic rings. The van der Waals surface area contributed by atoms with Gasteiger partial charge in [-0.25, -0.2) is 0 Å². The van der Waals surface area contributed by atoms with E-state index in [-0.39, 0.29) is 10.8 Å². The van der Waals surface area contributed by atoms with Gasteiger partial charge in [0.2, 0.25) is 0 Å². The van der Waals surface area contributed by atoms with E-state index in [0.29, 0.717) is 0 Å². The van der Waals surface area contributed by atoms with E-state index in [1.54, 1.807) is 0 Å². The molecule has 5 aromatic carbocycles. The van der Waals surface area contributed by atoms with Crippen molar-refractivity contribution in [3.63, 3.8) is 0 Å². The Balaban J connectivity index is 2.11. The maximum absolute atomic E-state index is 2.44. The Bertz CT molecular complexity index is 1440. The van der Waals surface area contributed by atoms with Crippen LogP contribution in [-0.4, -0.2) is 0 Å². The number of hydrogen-bond donors (Lipinski definition) is 0. The zero-order valence-corrected chi connectivity index (χ0v) is 18.9. The van der Waals surface area contributed by atoms with Gasteiger partial charge in [-0.15, -0.1) is 0 Å². The van der Waals surface area contributed by atoms with Gasteiger partial charge in [0.15, 0.2) is 0 Å². The van der Waals surface area contributed by atoms with Crippen molar-refractivity contribution in [2.45, 2.75) is 52.4 Å². The lowest BCUT2D eigenvalue weighted by Crippen LogP contribution is -2.16. The zero-order valence-electron chi connectivity index (χ0n) is 18.9. The van der Waals surface area contributed by atoms with Crippen LogP contribution in [-0.2, 0) is 10.8 Å². The molecule has 150 valence electrons. The van der Waals surface area contributed by atoms with E-state index in [2.05, 4.69) is 114 Å². The van der Waals surface area contributed by atoms with Crippen LogP contribution >= 0.6 is 0 Å². The van der Waals surface area contributed by atoms with Crippen LogP contribution in [0, 0.1) is 0 Å². The second-order valence-electron chi connectivity index (χ2n) is 10.7. The van der Waals surface area contributed by atoms with Crippen molar-refractivity contribution in [3.8, 4) is 0 Å². The summed E-state index contributed by atoms with van der Waals surface area (Å²) in [4.78, 5) is 0. The van der Waals surface area contributed by atoms with Crippen molar-refractivity contribution < 1.29 is 0 Å². The average molecular weight is 391 g/mol. The molecule has 0 amide bonds. The highest BCUT2D eigenvalue weighted by Crippen LogP contribution is 2.44. The molecular formula is C30H30. The third-order valence-corrected chi connectivity index (χ3v) is 6.35. The van der Waals surface area contributed by atoms with Gasteiger partial charge in [0, 0.05) is 0 Å². The topological polar surface area (TPSA) is 0 Å². The van der Waals surface area contributed by atoms with E-state index in [1.165, 1.54) is 54.2 Å². The van der Waals surface area contributed by atoms with Crippen molar-refractivity contribution in [1.82, 2.24) is 0 Å². The summed E-state index contributed by atoms with van der Waals surface area (Å²) in [7, 11) is 0. The van der Waals surface area contributed by atoms with E-state index >= 15 is 0 Å². The molecular weight excluding hydrogens is 360 g/mol. The minimum absolute atomic E-state index is 0.0395. The Morgan fingerprint density at radius 1 is 0.400 bits per heavy atom. The summed E-state index contributed by atoms with van der Waals surface area (Å²) in [6.07, 6.45) is 0. The van der Waals surface area contributed by atoms with Gasteiger partial charge in [-0.05, 0) is 89.3 Å². The highest BCUT2D eigenvalue weighted by atomic mass is 14.3. The van der Waals surface area contributed by atoms with Crippen LogP contribution in [0.25, 0.3) is 43.1 Å². The first kappa shape index (κ1) is 19.1. The summed E-state index contributed by atoms with van der Waals surface area (Å²) in [5.74, 6) is 0. The Morgan fingerprint density at radius 2 is 0.833 bits per heavy atom. The molecule has 0 aliphatic rings. The van der Waals surface area contributed by atoms with Crippen LogP contribution in [0.5, 0.6) is 0 Å². The van der Waals surface area contributed by atoms with Crippen molar-refractivity contribution >= 4 is 43.1 Å². The van der Waals surface area contributed by atoms with Crippen LogP contribution in [0.2, 0.25) is 0 Å². The molecule has 0 heteroatoms. The van der Waals surface area contributed by atoms with Gasteiger partial charge in [-0.2, -0.15) is 0 Å². The molecule has 0 saturated carbocycles. The highest BCUT2D eigenvalue weighted by molar-refractivity contribution is 6.13. The fraction of sp³-hybridized carbons (Fsp3) is 0.267. The van der Waals surface area contributed by atoms with Crippen molar-refractivity contribution in [2.24, 2.45) is 0 Å². The molecule has 0 spiro atoms. The quantitative estimate of drug-likeness (QED) is 0.232. The van der Waals surface area contributed by atoms with Crippen LogP contribution in [0.15, 0.2) is 72.8 Å². The second kappa shape index (κ2) is 6.32. The SMILES string of the molecule is CC(C)(C)c1c2ccccc2cc2c(C(C)(C)C)c3cc4ccccc4cc3cc12. The van der Waals surface area contributed by atoms with E-state index in [4.69, 9.17) is 0 Å². The van der Waals surface area contributed by atoms with Crippen LogP contribution in [0.3, 0.4) is 0 Å². The summed E-state index contributed by atoms with van der Waals surface area (Å²) in [6.45, 7) is 14.1. The minimum Gasteiger partial charge on any atom is -0.0616 e. The maximum Gasteiger partial charge on any atom is -0.0120 e. The lowest BCUT2D eigenvalue weighted by molar-refractivity contribution is 0.596. The Labute approximate surface area is 179 Å². The van der Waals surface area contributed by atoms with E-state index in [9.17, 15) is 0 Å². The molecule has 0 atom stereocenters. The molecule has 0 fully saturated rings. The summed E-state index contributed by atoms with van der Waals surface area (Å²) in [6, 6.07) is 27.2. The van der Waals surface area contributed by atoms with Gasteiger partial charge in [0.05, 0.1) is 0 Å². The number of rotatable bonds is 0. The fourth-order valence-electron chi connectivity index (χ4n) is 5.23. The molecule has 0 nitrogen and oxygen atoms in total. The predicted octanol–water partition coefficient (Wildman–Crippen LogP) is 8.89. The monoisotopic (exact) mass is 390 g/mol. The van der Waals surface area contributed by atoms with E-state index in [0.717, 1.165) is 0 Å².